The smallest absolute Gasteiger partial charge is 0.238 e. The molecule has 0 radical (unpaired) electrons. The largest absolute Gasteiger partial charge is 0.308 e. The molecular weight excluding hydrogens is 955 g/mol. The molecule has 17 aromatic rings. The molecule has 0 saturated carbocycles. The van der Waals surface area contributed by atoms with Gasteiger partial charge < -0.3 is 4.57 Å². The first-order valence-electron chi connectivity index (χ1n) is 24.0. The summed E-state index contributed by atoms with van der Waals surface area (Å²) in [5.74, 6) is 1.84. The lowest BCUT2D eigenvalue weighted by Crippen LogP contribution is -2.06. The Morgan fingerprint density at radius 1 is 0.278 bits per heavy atom. The molecule has 0 N–H and O–H groups in total. The number of hydrogen-bond donors (Lipinski definition) is 0. The van der Waals surface area contributed by atoms with E-state index >= 15 is 0 Å². The molecule has 7 heterocycles. The van der Waals surface area contributed by atoms with Crippen molar-refractivity contribution in [2.75, 3.05) is 0 Å². The van der Waals surface area contributed by atoms with Crippen LogP contribution in [-0.4, -0.2) is 24.1 Å². The Kier molecular flexibility index (Phi) is 8.01. The van der Waals surface area contributed by atoms with E-state index < -0.39 is 0 Å². The standard InChI is InChI=1S/C63H33N5S4/c1-6-16-48-37(11-1)43-25-26-49-59(60(43)67(48)36-23-24-42-38-12-2-7-17-51(38)71-57(42)31-36)47-32-46-41-15-5-10-20-54(41)72-58(46)33-50(47)68(49)63-65-61(34-21-27-55-44(29-34)39-13-3-8-18-52(39)69-55)64-62(66-63)35-22-28-56-45(30-35)40-14-4-9-19-53(40)70-56/h1-33H. The second-order valence-electron chi connectivity index (χ2n) is 18.7. The summed E-state index contributed by atoms with van der Waals surface area (Å²) in [6.07, 6.45) is 0. The Bertz CT molecular complexity index is 5060. The summed E-state index contributed by atoms with van der Waals surface area (Å²) >= 11 is 7.34. The van der Waals surface area contributed by atoms with Crippen molar-refractivity contribution >= 4 is 170 Å². The van der Waals surface area contributed by atoms with Gasteiger partial charge in [0.15, 0.2) is 11.6 Å². The zero-order valence-electron chi connectivity index (χ0n) is 37.9. The molecule has 0 saturated heterocycles. The van der Waals surface area contributed by atoms with Crippen LogP contribution in [-0.2, 0) is 0 Å². The van der Waals surface area contributed by atoms with Gasteiger partial charge in [0, 0.05) is 119 Å². The van der Waals surface area contributed by atoms with Gasteiger partial charge >= 0.3 is 0 Å². The normalized spacial score (nSPS) is 12.4. The Morgan fingerprint density at radius 2 is 0.750 bits per heavy atom. The van der Waals surface area contributed by atoms with Crippen LogP contribution >= 0.6 is 45.3 Å². The van der Waals surface area contributed by atoms with Gasteiger partial charge in [-0.05, 0) is 97.1 Å². The molecule has 10 aromatic carbocycles. The molecule has 0 atom stereocenters. The maximum atomic E-state index is 5.57. The van der Waals surface area contributed by atoms with Crippen molar-refractivity contribution in [2.45, 2.75) is 0 Å². The van der Waals surface area contributed by atoms with Crippen molar-refractivity contribution in [3.63, 3.8) is 0 Å². The quantitative estimate of drug-likeness (QED) is 0.177. The van der Waals surface area contributed by atoms with Crippen LogP contribution in [0.4, 0.5) is 0 Å². The Labute approximate surface area is 425 Å². The molecule has 7 aromatic heterocycles. The van der Waals surface area contributed by atoms with E-state index in [1.807, 2.05) is 45.3 Å². The van der Waals surface area contributed by atoms with Gasteiger partial charge in [-0.15, -0.1) is 45.3 Å². The number of fused-ring (bicyclic) bond motifs is 19. The van der Waals surface area contributed by atoms with E-state index in [1.165, 1.54) is 97.0 Å². The van der Waals surface area contributed by atoms with Gasteiger partial charge in [-0.2, -0.15) is 9.97 Å². The first-order chi connectivity index (χ1) is 35.6. The van der Waals surface area contributed by atoms with E-state index in [9.17, 15) is 0 Å². The maximum absolute atomic E-state index is 5.57. The van der Waals surface area contributed by atoms with Gasteiger partial charge in [-0.25, -0.2) is 4.98 Å². The summed E-state index contributed by atoms with van der Waals surface area (Å²) < 4.78 is 14.9. The Morgan fingerprint density at radius 3 is 1.36 bits per heavy atom. The van der Waals surface area contributed by atoms with Gasteiger partial charge in [0.25, 0.3) is 0 Å². The van der Waals surface area contributed by atoms with Crippen molar-refractivity contribution < 1.29 is 0 Å². The average Bonchev–Trinajstić information content (AvgIpc) is 4.28. The number of hydrogen-bond acceptors (Lipinski definition) is 7. The van der Waals surface area contributed by atoms with Gasteiger partial charge in [-0.3, -0.25) is 4.57 Å². The second-order valence-corrected chi connectivity index (χ2v) is 23.0. The highest BCUT2D eigenvalue weighted by atomic mass is 32.1. The fourth-order valence-corrected chi connectivity index (χ4v) is 16.0. The molecule has 0 aliphatic heterocycles. The minimum Gasteiger partial charge on any atom is -0.308 e. The van der Waals surface area contributed by atoms with Crippen LogP contribution < -0.4 is 0 Å². The van der Waals surface area contributed by atoms with Crippen LogP contribution in [0.25, 0.3) is 159 Å². The van der Waals surface area contributed by atoms with E-state index in [1.54, 1.807) is 0 Å². The summed E-state index contributed by atoms with van der Waals surface area (Å²) in [7, 11) is 0. The van der Waals surface area contributed by atoms with Gasteiger partial charge in [0.2, 0.25) is 5.95 Å². The lowest BCUT2D eigenvalue weighted by molar-refractivity contribution is 0.954. The van der Waals surface area contributed by atoms with Crippen LogP contribution in [0.5, 0.6) is 0 Å². The molecule has 0 bridgehead atoms. The van der Waals surface area contributed by atoms with Crippen molar-refractivity contribution in [2.24, 2.45) is 0 Å². The second kappa shape index (κ2) is 14.6. The third-order valence-electron chi connectivity index (χ3n) is 14.8. The molecule has 0 spiro atoms. The molecule has 0 fully saturated rings. The van der Waals surface area contributed by atoms with E-state index in [4.69, 9.17) is 15.0 Å². The zero-order chi connectivity index (χ0) is 46.8. The van der Waals surface area contributed by atoms with Gasteiger partial charge in [0.1, 0.15) is 0 Å². The maximum Gasteiger partial charge on any atom is 0.238 e. The first-order valence-corrected chi connectivity index (χ1v) is 27.2. The fraction of sp³-hybridized carbons (Fsp3) is 0. The SMILES string of the molecule is c1ccc2c(c1)sc1cc(-n3c4ccccc4c4ccc5c(c6cc7c(cc6n5-c5nc(-c6ccc8sc9ccccc9c8c6)nc(-c6ccc8sc9ccccc9c8c6)n5)sc5ccccc57)c43)ccc12. The molecule has 0 aliphatic rings. The molecule has 5 nitrogen and oxygen atoms in total. The summed E-state index contributed by atoms with van der Waals surface area (Å²) in [5.41, 5.74) is 7.45. The summed E-state index contributed by atoms with van der Waals surface area (Å²) in [5, 5.41) is 14.7. The van der Waals surface area contributed by atoms with Gasteiger partial charge in [0.05, 0.1) is 22.1 Å². The van der Waals surface area contributed by atoms with Crippen LogP contribution in [0.3, 0.4) is 0 Å². The van der Waals surface area contributed by atoms with E-state index in [-0.39, 0.29) is 0 Å². The molecule has 334 valence electrons. The first kappa shape index (κ1) is 39.4. The number of rotatable bonds is 4. The molecule has 0 aliphatic carbocycles. The highest BCUT2D eigenvalue weighted by Gasteiger charge is 2.25. The lowest BCUT2D eigenvalue weighted by atomic mass is 10.1. The number of thiophene rings is 4. The predicted octanol–water partition coefficient (Wildman–Crippen LogP) is 18.9. The van der Waals surface area contributed by atoms with Crippen LogP contribution in [0.2, 0.25) is 0 Å². The predicted molar refractivity (Wildman–Crippen MR) is 311 cm³/mol. The highest BCUT2D eigenvalue weighted by molar-refractivity contribution is 7.27. The minimum atomic E-state index is 0.578. The average molecular weight is 988 g/mol. The van der Waals surface area contributed by atoms with Crippen LogP contribution in [0.15, 0.2) is 200 Å². The zero-order valence-corrected chi connectivity index (χ0v) is 41.2. The molecule has 0 unspecified atom stereocenters. The van der Waals surface area contributed by atoms with E-state index in [0.717, 1.165) is 44.1 Å². The number of nitrogens with zero attached hydrogens (tertiary/aromatic N) is 5. The van der Waals surface area contributed by atoms with Crippen molar-refractivity contribution in [3.8, 4) is 34.4 Å². The van der Waals surface area contributed by atoms with Crippen LogP contribution in [0.1, 0.15) is 0 Å². The Balaban J connectivity index is 1.00. The number of para-hydroxylation sites is 1. The van der Waals surface area contributed by atoms with E-state index in [2.05, 4.69) is 209 Å². The minimum absolute atomic E-state index is 0.578. The number of aromatic nitrogens is 5. The molecule has 72 heavy (non-hydrogen) atoms. The molecular formula is C63H33N5S4. The third-order valence-corrected chi connectivity index (χ3v) is 19.3. The van der Waals surface area contributed by atoms with Crippen molar-refractivity contribution in [1.29, 1.82) is 0 Å². The summed E-state index contributed by atoms with van der Waals surface area (Å²) in [6.45, 7) is 0. The van der Waals surface area contributed by atoms with Crippen molar-refractivity contribution in [1.82, 2.24) is 24.1 Å². The lowest BCUT2D eigenvalue weighted by Gasteiger charge is -2.12. The van der Waals surface area contributed by atoms with Crippen molar-refractivity contribution in [3.05, 3.63) is 200 Å². The fourth-order valence-electron chi connectivity index (χ4n) is 11.6. The highest BCUT2D eigenvalue weighted by Crippen LogP contribution is 2.47. The van der Waals surface area contributed by atoms with Crippen LogP contribution in [0, 0.1) is 0 Å². The van der Waals surface area contributed by atoms with Gasteiger partial charge in [-0.1, -0.05) is 103 Å². The Hall–Kier alpha value is -8.31. The summed E-state index contributed by atoms with van der Waals surface area (Å²) in [6, 6.07) is 73.6. The number of benzene rings is 10. The molecule has 17 rings (SSSR count). The molecule has 9 heteroatoms. The monoisotopic (exact) mass is 987 g/mol. The topological polar surface area (TPSA) is 48.5 Å². The van der Waals surface area contributed by atoms with E-state index in [0.29, 0.717) is 17.6 Å². The third kappa shape index (κ3) is 5.53. The summed E-state index contributed by atoms with van der Waals surface area (Å²) in [4.78, 5) is 16.5. The molecule has 0 amide bonds.